The second-order valence-corrected chi connectivity index (χ2v) is 7.18. The molecular weight excluding hydrogens is 503 g/mol. The fourth-order valence-corrected chi connectivity index (χ4v) is 2.43. The Hall–Kier alpha value is -3.34. The summed E-state index contributed by atoms with van der Waals surface area (Å²) in [6.45, 7) is 1.60. The van der Waals surface area contributed by atoms with Crippen molar-refractivity contribution in [3.05, 3.63) is 94.3 Å². The van der Waals surface area contributed by atoms with Gasteiger partial charge >= 0.3 is 6.18 Å². The summed E-state index contributed by atoms with van der Waals surface area (Å²) in [7, 11) is 2.59. The van der Waals surface area contributed by atoms with E-state index in [4.69, 9.17) is 28.9 Å². The number of hydrogen-bond acceptors (Lipinski definition) is 5. The summed E-state index contributed by atoms with van der Waals surface area (Å²) < 4.78 is 37.5. The minimum atomic E-state index is -4.34. The molecule has 0 spiro atoms. The number of thiocarbonyl (C=S) groups is 1. The van der Waals surface area contributed by atoms with Crippen molar-refractivity contribution in [2.45, 2.75) is 13.1 Å². The summed E-state index contributed by atoms with van der Waals surface area (Å²) in [6.07, 6.45) is -1.40. The number of alkyl halides is 3. The van der Waals surface area contributed by atoms with Crippen LogP contribution in [0.25, 0.3) is 0 Å². The maximum absolute atomic E-state index is 12.5. The minimum absolute atomic E-state index is 0.277. The summed E-state index contributed by atoms with van der Waals surface area (Å²) in [5, 5.41) is 13.1. The number of aliphatic hydroxyl groups excluding tert-OH is 1. The molecule has 0 atom stereocenters. The highest BCUT2D eigenvalue weighted by Gasteiger charge is 2.30. The molecule has 0 bridgehead atoms. The molecule has 35 heavy (non-hydrogen) atoms. The third-order valence-corrected chi connectivity index (χ3v) is 4.23. The van der Waals surface area contributed by atoms with Crippen molar-refractivity contribution in [1.82, 2.24) is 10.3 Å². The van der Waals surface area contributed by atoms with Crippen LogP contribution >= 0.6 is 23.8 Å². The van der Waals surface area contributed by atoms with Gasteiger partial charge in [0.15, 0.2) is 11.4 Å². The van der Waals surface area contributed by atoms with Crippen molar-refractivity contribution in [2.75, 3.05) is 19.5 Å². The molecule has 0 saturated heterocycles. The molecule has 0 amide bonds. The lowest BCUT2D eigenvalue weighted by Crippen LogP contribution is -2.24. The van der Waals surface area contributed by atoms with Gasteiger partial charge in [-0.05, 0) is 55.0 Å². The number of pyridine rings is 1. The Morgan fingerprint density at radius 3 is 2.09 bits per heavy atom. The number of aliphatic hydroxyl groups is 1. The van der Waals surface area contributed by atoms with Crippen LogP contribution in [0.15, 0.2) is 66.9 Å². The highest BCUT2D eigenvalue weighted by Crippen LogP contribution is 2.31. The standard InChI is InChI=1S/C10H11F3N2S.C7H6O.C6H4ClNO.CH4O/c1-6-3-7(10(11,12)13)5-8(4-6)15-9(16)14-2;8-6-7-4-2-1-3-5-7;7-5-1-2-6(4-9)8-3-5;1-2/h3-5H,1-2H3,(H2,14,15,16);1-6H;1-4H;2H,1H3. The van der Waals surface area contributed by atoms with E-state index >= 15 is 0 Å². The molecule has 3 rings (SSSR count). The fourth-order valence-electron chi connectivity index (χ4n) is 2.20. The minimum Gasteiger partial charge on any atom is -0.400 e. The summed E-state index contributed by atoms with van der Waals surface area (Å²) in [6, 6.07) is 16.0. The third kappa shape index (κ3) is 13.8. The number of rotatable bonds is 3. The Kier molecular flexibility index (Phi) is 15.5. The number of hydrogen-bond donors (Lipinski definition) is 3. The lowest BCUT2D eigenvalue weighted by molar-refractivity contribution is -0.137. The van der Waals surface area contributed by atoms with Gasteiger partial charge in [-0.3, -0.25) is 14.6 Å². The topological polar surface area (TPSA) is 91.3 Å². The van der Waals surface area contributed by atoms with Crippen LogP contribution in [0.5, 0.6) is 0 Å². The van der Waals surface area contributed by atoms with Crippen molar-refractivity contribution in [1.29, 1.82) is 0 Å². The zero-order valence-electron chi connectivity index (χ0n) is 19.1. The zero-order valence-corrected chi connectivity index (χ0v) is 20.7. The number of aromatic nitrogens is 1. The molecule has 0 aliphatic heterocycles. The number of nitrogens with one attached hydrogen (secondary N) is 2. The largest absolute Gasteiger partial charge is 0.416 e. The van der Waals surface area contributed by atoms with Gasteiger partial charge in [-0.15, -0.1) is 0 Å². The predicted molar refractivity (Wildman–Crippen MR) is 136 cm³/mol. The normalized spacial score (nSPS) is 9.49. The second-order valence-electron chi connectivity index (χ2n) is 6.34. The molecule has 1 heterocycles. The quantitative estimate of drug-likeness (QED) is 0.302. The number of anilines is 1. The number of carbonyl (C=O) groups excluding carboxylic acids is 2. The number of aldehydes is 2. The van der Waals surface area contributed by atoms with E-state index in [0.29, 0.717) is 28.3 Å². The molecule has 2 aromatic carbocycles. The first-order valence-electron chi connectivity index (χ1n) is 9.78. The number of nitrogens with zero attached hydrogens (tertiary/aromatic N) is 1. The van der Waals surface area contributed by atoms with E-state index in [1.54, 1.807) is 44.3 Å². The number of carbonyl (C=O) groups is 2. The molecule has 11 heteroatoms. The van der Waals surface area contributed by atoms with Crippen molar-refractivity contribution in [2.24, 2.45) is 0 Å². The third-order valence-electron chi connectivity index (χ3n) is 3.70. The first-order chi connectivity index (χ1) is 16.6. The monoisotopic (exact) mass is 527 g/mol. The smallest absolute Gasteiger partial charge is 0.400 e. The predicted octanol–water partition coefficient (Wildman–Crippen LogP) is 5.59. The van der Waals surface area contributed by atoms with Crippen LogP contribution in [0.1, 0.15) is 32.0 Å². The van der Waals surface area contributed by atoms with E-state index in [2.05, 4.69) is 15.6 Å². The van der Waals surface area contributed by atoms with Crippen LogP contribution in [0.3, 0.4) is 0 Å². The van der Waals surface area contributed by atoms with E-state index in [1.807, 2.05) is 18.2 Å². The average molecular weight is 528 g/mol. The molecule has 0 fully saturated rings. The van der Waals surface area contributed by atoms with Crippen LogP contribution in [-0.4, -0.2) is 41.9 Å². The highest BCUT2D eigenvalue weighted by atomic mass is 35.5. The molecule has 3 N–H and O–H groups in total. The first-order valence-corrected chi connectivity index (χ1v) is 10.6. The molecule has 0 saturated carbocycles. The molecular formula is C24H25ClF3N3O3S. The maximum atomic E-state index is 12.5. The fraction of sp³-hybridized carbons (Fsp3) is 0.167. The Morgan fingerprint density at radius 2 is 1.66 bits per heavy atom. The van der Waals surface area contributed by atoms with E-state index in [0.717, 1.165) is 31.1 Å². The van der Waals surface area contributed by atoms with Gasteiger partial charge in [0, 0.05) is 31.6 Å². The van der Waals surface area contributed by atoms with E-state index in [1.165, 1.54) is 6.20 Å². The summed E-state index contributed by atoms with van der Waals surface area (Å²) in [5.41, 5.74) is 1.30. The molecule has 0 aliphatic rings. The van der Waals surface area contributed by atoms with Gasteiger partial charge in [-0.25, -0.2) is 0 Å². The van der Waals surface area contributed by atoms with Gasteiger partial charge in [-0.2, -0.15) is 13.2 Å². The van der Waals surface area contributed by atoms with E-state index < -0.39 is 11.7 Å². The van der Waals surface area contributed by atoms with E-state index in [-0.39, 0.29) is 5.11 Å². The Morgan fingerprint density at radius 1 is 1.03 bits per heavy atom. The van der Waals surface area contributed by atoms with Gasteiger partial charge < -0.3 is 15.7 Å². The van der Waals surface area contributed by atoms with E-state index in [9.17, 15) is 22.8 Å². The summed E-state index contributed by atoms with van der Waals surface area (Å²) in [5.74, 6) is 0. The van der Waals surface area contributed by atoms with Crippen LogP contribution in [-0.2, 0) is 6.18 Å². The highest BCUT2D eigenvalue weighted by molar-refractivity contribution is 7.80. The number of benzene rings is 2. The van der Waals surface area contributed by atoms with Crippen LogP contribution < -0.4 is 10.6 Å². The summed E-state index contributed by atoms with van der Waals surface area (Å²) in [4.78, 5) is 23.7. The van der Waals surface area contributed by atoms with Crippen LogP contribution in [0.2, 0.25) is 5.02 Å². The van der Waals surface area contributed by atoms with Crippen molar-refractivity contribution in [3.63, 3.8) is 0 Å². The molecule has 0 aliphatic carbocycles. The van der Waals surface area contributed by atoms with Gasteiger partial charge in [-0.1, -0.05) is 41.9 Å². The zero-order chi connectivity index (χ0) is 26.9. The maximum Gasteiger partial charge on any atom is 0.416 e. The van der Waals surface area contributed by atoms with Crippen molar-refractivity contribution >= 4 is 47.2 Å². The molecule has 188 valence electrons. The molecule has 6 nitrogen and oxygen atoms in total. The lowest BCUT2D eigenvalue weighted by Gasteiger charge is -2.12. The first kappa shape index (κ1) is 31.7. The van der Waals surface area contributed by atoms with Gasteiger partial charge in [0.1, 0.15) is 12.0 Å². The molecule has 0 radical (unpaired) electrons. The molecule has 0 unspecified atom stereocenters. The molecule has 1 aromatic heterocycles. The summed E-state index contributed by atoms with van der Waals surface area (Å²) >= 11 is 10.3. The second kappa shape index (κ2) is 17.1. The SMILES string of the molecule is CNC(=S)Nc1cc(C)cc(C(F)(F)F)c1.CO.O=Cc1ccc(Cl)cn1.O=Cc1ccccc1. The van der Waals surface area contributed by atoms with Crippen molar-refractivity contribution in [3.8, 4) is 0 Å². The lowest BCUT2D eigenvalue weighted by atomic mass is 10.1. The van der Waals surface area contributed by atoms with Crippen molar-refractivity contribution < 1.29 is 27.9 Å². The van der Waals surface area contributed by atoms with Gasteiger partial charge in [0.05, 0.1) is 10.6 Å². The van der Waals surface area contributed by atoms with Gasteiger partial charge in [0.2, 0.25) is 0 Å². The Balaban J connectivity index is 0.000000515. The van der Waals surface area contributed by atoms with Crippen LogP contribution in [0, 0.1) is 6.92 Å². The Labute approximate surface area is 212 Å². The Bertz CT molecular complexity index is 1050. The average Bonchev–Trinajstić information content (AvgIpc) is 2.86. The molecule has 3 aromatic rings. The van der Waals surface area contributed by atoms with Crippen LogP contribution in [0.4, 0.5) is 18.9 Å². The number of aryl methyl sites for hydroxylation is 1. The number of halogens is 4. The van der Waals surface area contributed by atoms with Gasteiger partial charge in [0.25, 0.3) is 0 Å².